The highest BCUT2D eigenvalue weighted by molar-refractivity contribution is 4.84. The fourth-order valence-electron chi connectivity index (χ4n) is 1.85. The van der Waals surface area contributed by atoms with Gasteiger partial charge in [-0.05, 0) is 46.0 Å². The van der Waals surface area contributed by atoms with Crippen molar-refractivity contribution in [3.05, 3.63) is 0 Å². The fraction of sp³-hybridized carbons (Fsp3) is 1.00. The van der Waals surface area contributed by atoms with E-state index >= 15 is 0 Å². The summed E-state index contributed by atoms with van der Waals surface area (Å²) in [5, 5.41) is 0. The highest BCUT2D eigenvalue weighted by atomic mass is 16.5. The highest BCUT2D eigenvalue weighted by Gasteiger charge is 2.29. The van der Waals surface area contributed by atoms with Crippen LogP contribution in [0.3, 0.4) is 0 Å². The van der Waals surface area contributed by atoms with E-state index in [1.54, 1.807) is 0 Å². The van der Waals surface area contributed by atoms with Gasteiger partial charge in [0.05, 0.1) is 12.2 Å². The maximum absolute atomic E-state index is 6.23. The first-order valence-corrected chi connectivity index (χ1v) is 6.85. The molecule has 0 aliphatic carbocycles. The van der Waals surface area contributed by atoms with Gasteiger partial charge < -0.3 is 16.2 Å². The Morgan fingerprint density at radius 1 is 1.12 bits per heavy atom. The van der Waals surface area contributed by atoms with Crippen LogP contribution >= 0.6 is 0 Å². The van der Waals surface area contributed by atoms with E-state index in [-0.39, 0.29) is 17.2 Å². The van der Waals surface area contributed by atoms with E-state index in [1.165, 1.54) is 0 Å². The molecule has 0 radical (unpaired) electrons. The monoisotopic (exact) mass is 244 g/mol. The van der Waals surface area contributed by atoms with Crippen molar-refractivity contribution in [2.75, 3.05) is 6.61 Å². The summed E-state index contributed by atoms with van der Waals surface area (Å²) in [6.45, 7) is 13.4. The van der Waals surface area contributed by atoms with Gasteiger partial charge in [-0.15, -0.1) is 0 Å². The molecule has 3 heteroatoms. The first-order valence-electron chi connectivity index (χ1n) is 6.85. The van der Waals surface area contributed by atoms with E-state index in [2.05, 4.69) is 34.6 Å². The zero-order valence-electron chi connectivity index (χ0n) is 12.5. The fourth-order valence-corrected chi connectivity index (χ4v) is 1.85. The minimum Gasteiger partial charge on any atom is -0.375 e. The summed E-state index contributed by atoms with van der Waals surface area (Å²) in [7, 11) is 0. The average Bonchev–Trinajstić information content (AvgIpc) is 2.25. The van der Waals surface area contributed by atoms with Crippen LogP contribution in [-0.2, 0) is 4.74 Å². The Hall–Kier alpha value is -0.120. The number of nitrogens with two attached hydrogens (primary N) is 2. The average molecular weight is 244 g/mol. The zero-order valence-corrected chi connectivity index (χ0v) is 12.5. The van der Waals surface area contributed by atoms with Crippen molar-refractivity contribution in [3.8, 4) is 0 Å². The smallest absolute Gasteiger partial charge is 0.0666 e. The summed E-state index contributed by atoms with van der Waals surface area (Å²) in [6, 6.07) is 0.172. The van der Waals surface area contributed by atoms with Crippen molar-refractivity contribution in [1.29, 1.82) is 0 Å². The molecule has 0 saturated heterocycles. The lowest BCUT2D eigenvalue weighted by Crippen LogP contribution is -2.46. The van der Waals surface area contributed by atoms with E-state index in [0.717, 1.165) is 19.3 Å². The van der Waals surface area contributed by atoms with Gasteiger partial charge in [0.25, 0.3) is 0 Å². The molecule has 0 bridgehead atoms. The molecule has 0 aromatic heterocycles. The van der Waals surface area contributed by atoms with E-state index in [4.69, 9.17) is 16.2 Å². The van der Waals surface area contributed by atoms with Crippen LogP contribution in [0.25, 0.3) is 0 Å². The van der Waals surface area contributed by atoms with Crippen molar-refractivity contribution in [2.24, 2.45) is 17.4 Å². The Labute approximate surface area is 107 Å². The third-order valence-corrected chi connectivity index (χ3v) is 4.07. The second-order valence-corrected chi connectivity index (χ2v) is 6.06. The third kappa shape index (κ3) is 5.84. The predicted octanol–water partition coefficient (Wildman–Crippen LogP) is 2.67. The van der Waals surface area contributed by atoms with Crippen LogP contribution in [0.4, 0.5) is 0 Å². The van der Waals surface area contributed by atoms with E-state index in [9.17, 15) is 0 Å². The Morgan fingerprint density at radius 3 is 2.00 bits per heavy atom. The molecule has 17 heavy (non-hydrogen) atoms. The van der Waals surface area contributed by atoms with Crippen LogP contribution in [0.5, 0.6) is 0 Å². The van der Waals surface area contributed by atoms with Gasteiger partial charge in [-0.25, -0.2) is 0 Å². The minimum atomic E-state index is -0.150. The first-order chi connectivity index (χ1) is 7.67. The van der Waals surface area contributed by atoms with Crippen LogP contribution in [0, 0.1) is 5.92 Å². The van der Waals surface area contributed by atoms with Gasteiger partial charge in [0.2, 0.25) is 0 Å². The molecule has 4 N–H and O–H groups in total. The predicted molar refractivity (Wildman–Crippen MR) is 75.0 cm³/mol. The molecule has 0 saturated carbocycles. The minimum absolute atomic E-state index is 0.119. The Morgan fingerprint density at radius 2 is 1.65 bits per heavy atom. The molecule has 104 valence electrons. The van der Waals surface area contributed by atoms with Crippen molar-refractivity contribution in [2.45, 2.75) is 78.0 Å². The van der Waals surface area contributed by atoms with E-state index < -0.39 is 0 Å². The Bertz CT molecular complexity index is 216. The largest absolute Gasteiger partial charge is 0.375 e. The van der Waals surface area contributed by atoms with Gasteiger partial charge >= 0.3 is 0 Å². The number of rotatable bonds is 8. The van der Waals surface area contributed by atoms with Crippen LogP contribution in [0.2, 0.25) is 0 Å². The Balaban J connectivity index is 4.32. The van der Waals surface area contributed by atoms with Crippen molar-refractivity contribution in [3.63, 3.8) is 0 Å². The lowest BCUT2D eigenvalue weighted by molar-refractivity contribution is -0.0653. The van der Waals surface area contributed by atoms with Gasteiger partial charge in [0, 0.05) is 11.6 Å². The summed E-state index contributed by atoms with van der Waals surface area (Å²) in [5.41, 5.74) is 11.8. The Kier molecular flexibility index (Phi) is 6.67. The zero-order chi connectivity index (χ0) is 13.7. The molecule has 0 aliphatic heterocycles. The van der Waals surface area contributed by atoms with Gasteiger partial charge in [-0.2, -0.15) is 0 Å². The molecule has 3 nitrogen and oxygen atoms in total. The lowest BCUT2D eigenvalue weighted by Gasteiger charge is -2.36. The van der Waals surface area contributed by atoms with Crippen molar-refractivity contribution < 1.29 is 4.74 Å². The maximum atomic E-state index is 6.23. The highest BCUT2D eigenvalue weighted by Crippen LogP contribution is 2.25. The first kappa shape index (κ1) is 16.9. The van der Waals surface area contributed by atoms with Gasteiger partial charge in [0.1, 0.15) is 0 Å². The molecular formula is C14H32N2O. The molecule has 0 aromatic rings. The quantitative estimate of drug-likeness (QED) is 0.690. The second-order valence-electron chi connectivity index (χ2n) is 6.06. The molecule has 4 atom stereocenters. The topological polar surface area (TPSA) is 61.3 Å². The van der Waals surface area contributed by atoms with Gasteiger partial charge in [0.15, 0.2) is 0 Å². The van der Waals surface area contributed by atoms with E-state index in [1.807, 2.05) is 6.92 Å². The summed E-state index contributed by atoms with van der Waals surface area (Å²) >= 11 is 0. The SMILES string of the molecule is CCC(C)(CC(C)N)OCC(C)C(C)(N)CC. The maximum Gasteiger partial charge on any atom is 0.0666 e. The number of hydrogen-bond donors (Lipinski definition) is 2. The molecule has 4 unspecified atom stereocenters. The van der Waals surface area contributed by atoms with Crippen molar-refractivity contribution >= 4 is 0 Å². The number of hydrogen-bond acceptors (Lipinski definition) is 3. The summed E-state index contributed by atoms with van der Waals surface area (Å²) in [4.78, 5) is 0. The lowest BCUT2D eigenvalue weighted by atomic mass is 9.86. The molecule has 0 rings (SSSR count). The number of ether oxygens (including phenoxy) is 1. The molecule has 0 aromatic carbocycles. The summed E-state index contributed by atoms with van der Waals surface area (Å²) in [6.07, 6.45) is 2.84. The van der Waals surface area contributed by atoms with Crippen LogP contribution in [0.1, 0.15) is 60.8 Å². The van der Waals surface area contributed by atoms with Crippen molar-refractivity contribution in [1.82, 2.24) is 0 Å². The van der Waals surface area contributed by atoms with Gasteiger partial charge in [-0.3, -0.25) is 0 Å². The second kappa shape index (κ2) is 6.72. The molecule has 0 spiro atoms. The van der Waals surface area contributed by atoms with E-state index in [0.29, 0.717) is 12.5 Å². The molecule has 0 fully saturated rings. The molecular weight excluding hydrogens is 212 g/mol. The summed E-state index contributed by atoms with van der Waals surface area (Å²) < 4.78 is 6.08. The van der Waals surface area contributed by atoms with Gasteiger partial charge in [-0.1, -0.05) is 20.8 Å². The van der Waals surface area contributed by atoms with Crippen LogP contribution in [-0.4, -0.2) is 23.8 Å². The standard InChI is InChI=1S/C14H32N2O/c1-7-13(5,9-12(4)15)17-10-11(3)14(6,16)8-2/h11-12H,7-10,15-16H2,1-6H3. The van der Waals surface area contributed by atoms with Crippen LogP contribution in [0.15, 0.2) is 0 Å². The molecule has 0 amide bonds. The van der Waals surface area contributed by atoms with Crippen LogP contribution < -0.4 is 11.5 Å². The third-order valence-electron chi connectivity index (χ3n) is 4.07. The normalized spacial score (nSPS) is 22.6. The molecule has 0 heterocycles. The summed E-state index contributed by atoms with van der Waals surface area (Å²) in [5.74, 6) is 0.353. The molecule has 0 aliphatic rings.